The van der Waals surface area contributed by atoms with Crippen molar-refractivity contribution in [1.82, 2.24) is 5.32 Å². The van der Waals surface area contributed by atoms with Crippen LogP contribution in [0.4, 0.5) is 4.79 Å². The summed E-state index contributed by atoms with van der Waals surface area (Å²) in [7, 11) is 0. The smallest absolute Gasteiger partial charge is 0.356 e. The average molecular weight is 141 g/mol. The van der Waals surface area contributed by atoms with Gasteiger partial charge in [-0.1, -0.05) is 12.8 Å². The van der Waals surface area contributed by atoms with Crippen LogP contribution in [-0.4, -0.2) is 12.6 Å². The van der Waals surface area contributed by atoms with Crippen molar-refractivity contribution in [2.75, 3.05) is 6.54 Å². The molecule has 0 fully saturated rings. The minimum atomic E-state index is -0.476. The second-order valence-corrected chi connectivity index (χ2v) is 1.67. The lowest BCUT2D eigenvalue weighted by molar-refractivity contribution is 0.192. The topological polar surface area (TPSA) is 38.3 Å². The average Bonchev–Trinajstić information content (AvgIpc) is 1.97. The molecule has 0 rings (SSSR count). The van der Waals surface area contributed by atoms with Crippen molar-refractivity contribution < 1.29 is 9.53 Å². The molecule has 0 aliphatic heterocycles. The molecule has 0 aliphatic carbocycles. The molecule has 3 nitrogen and oxygen atoms in total. The molecule has 0 heterocycles. The van der Waals surface area contributed by atoms with E-state index >= 15 is 0 Å². The molecule has 0 aliphatic rings. The minimum Gasteiger partial charge on any atom is -0.356 e. The van der Waals surface area contributed by atoms with E-state index in [1.54, 1.807) is 6.92 Å². The fourth-order valence-corrected chi connectivity index (χ4v) is 0.361. The molecule has 0 bridgehead atoms. The highest BCUT2D eigenvalue weighted by Gasteiger charge is 1.94. The number of carbonyl (C=O) groups is 1. The zero-order valence-electron chi connectivity index (χ0n) is 6.23. The molecule has 1 amide bonds. The number of ether oxygens (including phenoxy) is 1. The second kappa shape index (κ2) is 5.96. The molecular formula is C7H11NO2. The molecule has 0 aromatic carbocycles. The van der Waals surface area contributed by atoms with Gasteiger partial charge in [-0.2, -0.15) is 0 Å². The van der Waals surface area contributed by atoms with Crippen LogP contribution in [0.2, 0.25) is 0 Å². The summed E-state index contributed by atoms with van der Waals surface area (Å²) in [5, 5.41) is 2.50. The molecule has 0 unspecified atom stereocenters. The Balaban J connectivity index is 3.31. The molecule has 0 atom stereocenters. The second-order valence-electron chi connectivity index (χ2n) is 1.67. The molecule has 10 heavy (non-hydrogen) atoms. The van der Waals surface area contributed by atoms with Crippen molar-refractivity contribution in [2.45, 2.75) is 20.3 Å². The normalized spacial score (nSPS) is 7.40. The number of alkyl carbamates (subject to hydrolysis) is 1. The first-order valence-corrected chi connectivity index (χ1v) is 3.17. The number of rotatable bonds is 2. The van der Waals surface area contributed by atoms with E-state index in [1.165, 1.54) is 0 Å². The molecule has 1 N–H and O–H groups in total. The van der Waals surface area contributed by atoms with Gasteiger partial charge < -0.3 is 10.1 Å². The molecule has 0 saturated carbocycles. The molecule has 56 valence electrons. The van der Waals surface area contributed by atoms with Crippen molar-refractivity contribution >= 4 is 6.09 Å². The van der Waals surface area contributed by atoms with E-state index in [-0.39, 0.29) is 0 Å². The summed E-state index contributed by atoms with van der Waals surface area (Å²) < 4.78 is 4.38. The van der Waals surface area contributed by atoms with Gasteiger partial charge in [-0.3, -0.25) is 0 Å². The Kier molecular flexibility index (Phi) is 5.26. The maximum Gasteiger partial charge on any atom is 0.421 e. The van der Waals surface area contributed by atoms with Gasteiger partial charge in [-0.25, -0.2) is 4.79 Å². The monoisotopic (exact) mass is 141 g/mol. The molecule has 0 spiro atoms. The third kappa shape index (κ3) is 4.98. The summed E-state index contributed by atoms with van der Waals surface area (Å²) >= 11 is 0. The number of nitrogens with one attached hydrogen (secondary N) is 1. The van der Waals surface area contributed by atoms with Gasteiger partial charge in [0.1, 0.15) is 6.11 Å². The summed E-state index contributed by atoms with van der Waals surface area (Å²) in [6, 6.07) is 0. The SMILES string of the molecule is CC#COC(=O)NCCC. The van der Waals surface area contributed by atoms with Crippen LogP contribution in [0.15, 0.2) is 0 Å². The zero-order valence-corrected chi connectivity index (χ0v) is 6.23. The molecule has 0 radical (unpaired) electrons. The van der Waals surface area contributed by atoms with Crippen LogP contribution in [0.3, 0.4) is 0 Å². The summed E-state index contributed by atoms with van der Waals surface area (Å²) in [6.45, 7) is 4.20. The summed E-state index contributed by atoms with van der Waals surface area (Å²) in [6.07, 6.45) is 2.62. The molecule has 3 heteroatoms. The van der Waals surface area contributed by atoms with Crippen LogP contribution < -0.4 is 5.32 Å². The predicted molar refractivity (Wildman–Crippen MR) is 38.2 cm³/mol. The van der Waals surface area contributed by atoms with Gasteiger partial charge in [-0.05, 0) is 6.42 Å². The summed E-state index contributed by atoms with van der Waals surface area (Å²) in [4.78, 5) is 10.5. The van der Waals surface area contributed by atoms with Gasteiger partial charge in [0.25, 0.3) is 0 Å². The molecular weight excluding hydrogens is 130 g/mol. The Morgan fingerprint density at radius 3 is 2.90 bits per heavy atom. The van der Waals surface area contributed by atoms with E-state index in [9.17, 15) is 4.79 Å². The maximum absolute atomic E-state index is 10.5. The van der Waals surface area contributed by atoms with E-state index in [4.69, 9.17) is 0 Å². The Morgan fingerprint density at radius 1 is 1.70 bits per heavy atom. The highest BCUT2D eigenvalue weighted by atomic mass is 16.5. The first kappa shape index (κ1) is 8.83. The first-order valence-electron chi connectivity index (χ1n) is 3.17. The highest BCUT2D eigenvalue weighted by molar-refractivity contribution is 5.68. The first-order chi connectivity index (χ1) is 4.81. The van der Waals surface area contributed by atoms with Gasteiger partial charge >= 0.3 is 6.09 Å². The third-order valence-electron chi connectivity index (χ3n) is 0.765. The van der Waals surface area contributed by atoms with Crippen LogP contribution in [0, 0.1) is 12.0 Å². The van der Waals surface area contributed by atoms with Gasteiger partial charge in [0.05, 0.1) is 0 Å². The van der Waals surface area contributed by atoms with Crippen LogP contribution >= 0.6 is 0 Å². The lowest BCUT2D eigenvalue weighted by Gasteiger charge is -1.96. The largest absolute Gasteiger partial charge is 0.421 e. The summed E-state index contributed by atoms with van der Waals surface area (Å²) in [5.74, 6) is 2.44. The Bertz CT molecular complexity index is 155. The van der Waals surface area contributed by atoms with Crippen LogP contribution in [0.1, 0.15) is 20.3 Å². The third-order valence-corrected chi connectivity index (χ3v) is 0.765. The quantitative estimate of drug-likeness (QED) is 0.585. The van der Waals surface area contributed by atoms with E-state index in [0.717, 1.165) is 6.42 Å². The van der Waals surface area contributed by atoms with Crippen molar-refractivity contribution in [3.63, 3.8) is 0 Å². The van der Waals surface area contributed by atoms with Crippen molar-refractivity contribution in [1.29, 1.82) is 0 Å². The van der Waals surface area contributed by atoms with E-state index in [0.29, 0.717) is 6.54 Å². The van der Waals surface area contributed by atoms with Gasteiger partial charge in [0, 0.05) is 13.5 Å². The molecule has 0 saturated heterocycles. The van der Waals surface area contributed by atoms with E-state index < -0.39 is 6.09 Å². The number of hydrogen-bond acceptors (Lipinski definition) is 2. The number of carbonyl (C=O) groups excluding carboxylic acids is 1. The van der Waals surface area contributed by atoms with Crippen molar-refractivity contribution in [2.24, 2.45) is 0 Å². The van der Waals surface area contributed by atoms with Crippen LogP contribution in [0.5, 0.6) is 0 Å². The van der Waals surface area contributed by atoms with Crippen LogP contribution in [0.25, 0.3) is 0 Å². The Morgan fingerprint density at radius 2 is 2.40 bits per heavy atom. The van der Waals surface area contributed by atoms with Gasteiger partial charge in [-0.15, -0.1) is 0 Å². The van der Waals surface area contributed by atoms with Gasteiger partial charge in [0.15, 0.2) is 0 Å². The zero-order chi connectivity index (χ0) is 7.82. The highest BCUT2D eigenvalue weighted by Crippen LogP contribution is 1.75. The van der Waals surface area contributed by atoms with E-state index in [2.05, 4.69) is 22.1 Å². The molecule has 0 aromatic heterocycles. The fraction of sp³-hybridized carbons (Fsp3) is 0.571. The Labute approximate surface area is 60.8 Å². The van der Waals surface area contributed by atoms with E-state index in [1.807, 2.05) is 6.92 Å². The number of hydrogen-bond donors (Lipinski definition) is 1. The summed E-state index contributed by atoms with van der Waals surface area (Å²) in [5.41, 5.74) is 0. The predicted octanol–water partition coefficient (Wildman–Crippen LogP) is 1.10. The number of amides is 1. The molecule has 0 aromatic rings. The van der Waals surface area contributed by atoms with Crippen LogP contribution in [-0.2, 0) is 4.74 Å². The van der Waals surface area contributed by atoms with Gasteiger partial charge in [0.2, 0.25) is 0 Å². The fourth-order valence-electron chi connectivity index (χ4n) is 0.361. The lowest BCUT2D eigenvalue weighted by atomic mass is 10.5. The van der Waals surface area contributed by atoms with Crippen molar-refractivity contribution in [3.8, 4) is 12.0 Å². The lowest BCUT2D eigenvalue weighted by Crippen LogP contribution is -2.23. The van der Waals surface area contributed by atoms with Crippen molar-refractivity contribution in [3.05, 3.63) is 0 Å². The standard InChI is InChI=1S/C7H11NO2/c1-3-5-8-7(9)10-6-4-2/h3,5H2,1-2H3,(H,8,9). The Hall–Kier alpha value is -1.17. The maximum atomic E-state index is 10.5. The minimum absolute atomic E-state index is 0.476.